The van der Waals surface area contributed by atoms with E-state index in [-0.39, 0.29) is 24.4 Å². The Hall–Kier alpha value is -4.35. The van der Waals surface area contributed by atoms with Crippen molar-refractivity contribution in [3.05, 3.63) is 81.1 Å². The van der Waals surface area contributed by atoms with E-state index < -0.39 is 35.9 Å². The number of ether oxygens (including phenoxy) is 1. The van der Waals surface area contributed by atoms with Crippen molar-refractivity contribution in [3.63, 3.8) is 0 Å². The van der Waals surface area contributed by atoms with Gasteiger partial charge in [0.05, 0.1) is 18.2 Å². The first-order chi connectivity index (χ1) is 20.1. The summed E-state index contributed by atoms with van der Waals surface area (Å²) in [4.78, 5) is 41.6. The molecule has 2 aliphatic carbocycles. The second-order valence-electron chi connectivity index (χ2n) is 11.1. The quantitative estimate of drug-likeness (QED) is 0.384. The third-order valence-electron chi connectivity index (χ3n) is 8.32. The number of H-pyrrole nitrogens is 1. The Kier molecular flexibility index (Phi) is 6.94. The average Bonchev–Trinajstić information content (AvgIpc) is 3.65. The van der Waals surface area contributed by atoms with Crippen molar-refractivity contribution in [2.24, 2.45) is 0 Å². The zero-order valence-corrected chi connectivity index (χ0v) is 22.8. The summed E-state index contributed by atoms with van der Waals surface area (Å²) in [6.07, 6.45) is -2.49. The van der Waals surface area contributed by atoms with Gasteiger partial charge in [-0.25, -0.2) is 9.59 Å². The largest absolute Gasteiger partial charge is 0.452 e. The molecule has 9 nitrogen and oxygen atoms in total. The van der Waals surface area contributed by atoms with Crippen molar-refractivity contribution in [2.75, 3.05) is 18.6 Å². The van der Waals surface area contributed by atoms with Gasteiger partial charge in [0.2, 0.25) is 0 Å². The second-order valence-corrected chi connectivity index (χ2v) is 11.1. The molecule has 3 aromatic rings. The normalized spacial score (nSPS) is 20.0. The highest BCUT2D eigenvalue weighted by Crippen LogP contribution is 2.49. The molecule has 1 atom stereocenters. The van der Waals surface area contributed by atoms with Crippen LogP contribution in [0, 0.1) is 0 Å². The van der Waals surface area contributed by atoms with Crippen LogP contribution in [0.25, 0.3) is 11.1 Å². The number of amides is 2. The zero-order valence-electron chi connectivity index (χ0n) is 22.8. The molecule has 1 saturated carbocycles. The molecule has 0 bridgehead atoms. The molecule has 3 aliphatic rings. The smallest absolute Gasteiger partial charge is 0.439 e. The van der Waals surface area contributed by atoms with Crippen molar-refractivity contribution in [1.29, 1.82) is 0 Å². The van der Waals surface area contributed by atoms with Crippen molar-refractivity contribution >= 4 is 28.8 Å². The summed E-state index contributed by atoms with van der Waals surface area (Å²) in [6.45, 7) is -0.157. The lowest BCUT2D eigenvalue weighted by Crippen LogP contribution is -2.48. The second kappa shape index (κ2) is 10.5. The lowest BCUT2D eigenvalue weighted by Gasteiger charge is -2.38. The van der Waals surface area contributed by atoms with Crippen LogP contribution in [0.5, 0.6) is 0 Å². The number of anilines is 1. The number of rotatable bonds is 7. The van der Waals surface area contributed by atoms with Crippen molar-refractivity contribution in [1.82, 2.24) is 15.5 Å². The molecular weight excluding hydrogens is 553 g/mol. The Morgan fingerprint density at radius 3 is 2.57 bits per heavy atom. The third kappa shape index (κ3) is 5.33. The number of aromatic amines is 1. The topological polar surface area (TPSA) is 118 Å². The summed E-state index contributed by atoms with van der Waals surface area (Å²) in [6, 6.07) is 13.4. The van der Waals surface area contributed by atoms with E-state index in [0.717, 1.165) is 29.5 Å². The highest BCUT2D eigenvalue weighted by atomic mass is 19.4. The molecule has 2 N–H and O–H groups in total. The van der Waals surface area contributed by atoms with Crippen LogP contribution in [0.4, 0.5) is 23.7 Å². The molecule has 2 heterocycles. The summed E-state index contributed by atoms with van der Waals surface area (Å²) >= 11 is 0. The maximum Gasteiger partial charge on any atom is 0.439 e. The summed E-state index contributed by atoms with van der Waals surface area (Å²) in [5, 5.41) is 6.94. The number of hydrogen-bond acceptors (Lipinski definition) is 6. The first-order valence-corrected chi connectivity index (χ1v) is 13.8. The number of alkyl halides is 3. The van der Waals surface area contributed by atoms with E-state index in [1.807, 2.05) is 18.2 Å². The van der Waals surface area contributed by atoms with E-state index in [9.17, 15) is 27.6 Å². The summed E-state index contributed by atoms with van der Waals surface area (Å²) < 4.78 is 47.8. The van der Waals surface area contributed by atoms with Crippen LogP contribution in [0.1, 0.15) is 72.5 Å². The minimum atomic E-state index is -4.33. The number of carbonyl (C=O) groups excluding carboxylic acids is 2. The van der Waals surface area contributed by atoms with Crippen LogP contribution in [0.3, 0.4) is 0 Å². The van der Waals surface area contributed by atoms with E-state index in [1.165, 1.54) is 17.6 Å². The van der Waals surface area contributed by atoms with Gasteiger partial charge in [-0.1, -0.05) is 35.5 Å². The molecule has 2 aromatic carbocycles. The van der Waals surface area contributed by atoms with Gasteiger partial charge in [-0.2, -0.15) is 13.2 Å². The van der Waals surface area contributed by atoms with Crippen LogP contribution in [0.2, 0.25) is 0 Å². The molecule has 0 unspecified atom stereocenters. The SMILES string of the molecule is COC(=O)N(CCCC(F)(F)F)c1ccc2c(c1)CC[C@]21CC(c2ccc(C3CC3)cc2)=C(c2noc(=O)[nH]2)C(=O)N1. The van der Waals surface area contributed by atoms with Gasteiger partial charge in [0.15, 0.2) is 5.82 Å². The average molecular weight is 583 g/mol. The number of aryl methyl sites for hydroxylation is 1. The first-order valence-electron chi connectivity index (χ1n) is 13.8. The van der Waals surface area contributed by atoms with Crippen LogP contribution in [0.15, 0.2) is 51.8 Å². The number of carbonyl (C=O) groups is 2. The van der Waals surface area contributed by atoms with Gasteiger partial charge >= 0.3 is 18.0 Å². The number of nitrogens with zero attached hydrogens (tertiary/aromatic N) is 2. The number of hydrogen-bond donors (Lipinski definition) is 2. The van der Waals surface area contributed by atoms with E-state index >= 15 is 0 Å². The molecule has 220 valence electrons. The Bertz CT molecular complexity index is 1620. The van der Waals surface area contributed by atoms with Crippen LogP contribution in [-0.2, 0) is 21.5 Å². The number of fused-ring (bicyclic) bond motifs is 2. The third-order valence-corrected chi connectivity index (χ3v) is 8.32. The number of nitrogens with one attached hydrogen (secondary N) is 2. The Morgan fingerprint density at radius 1 is 1.17 bits per heavy atom. The molecule has 2 amide bonds. The van der Waals surface area contributed by atoms with Gasteiger partial charge in [-0.3, -0.25) is 19.2 Å². The number of aromatic nitrogens is 2. The standard InChI is InChI=1S/C30H29F3N4O5/c1-41-28(40)37(14-2-12-30(31,32)33)21-9-10-23-20(15-21)11-13-29(23)16-22(19-7-5-18(6-8-19)17-3-4-17)24(26(38)35-29)25-34-27(39)42-36-25/h5-10,15,17H,2-4,11-14,16H2,1H3,(H,35,38)(H,34,36,39)/t29-/m0/s1. The molecule has 42 heavy (non-hydrogen) atoms. The molecule has 1 fully saturated rings. The highest BCUT2D eigenvalue weighted by Gasteiger charge is 2.46. The van der Waals surface area contributed by atoms with Gasteiger partial charge in [-0.05, 0) is 78.0 Å². The van der Waals surface area contributed by atoms with Gasteiger partial charge in [0, 0.05) is 25.1 Å². The van der Waals surface area contributed by atoms with E-state index in [4.69, 9.17) is 9.26 Å². The lowest BCUT2D eigenvalue weighted by molar-refractivity contribution is -0.135. The Labute approximate surface area is 238 Å². The predicted molar refractivity (Wildman–Crippen MR) is 147 cm³/mol. The monoisotopic (exact) mass is 582 g/mol. The zero-order chi connectivity index (χ0) is 29.6. The molecule has 1 aliphatic heterocycles. The molecular formula is C30H29F3N4O5. The molecule has 1 aromatic heterocycles. The maximum atomic E-state index is 13.7. The van der Waals surface area contributed by atoms with Gasteiger partial charge in [0.1, 0.15) is 0 Å². The fraction of sp³-hybridized carbons (Fsp3) is 0.400. The molecule has 1 spiro atoms. The van der Waals surface area contributed by atoms with Gasteiger partial charge in [0.25, 0.3) is 5.91 Å². The molecule has 0 saturated heterocycles. The van der Waals surface area contributed by atoms with Crippen LogP contribution in [-0.4, -0.2) is 42.0 Å². The van der Waals surface area contributed by atoms with E-state index in [0.29, 0.717) is 36.4 Å². The predicted octanol–water partition coefficient (Wildman–Crippen LogP) is 5.43. The summed E-state index contributed by atoms with van der Waals surface area (Å²) in [5.74, 6) is -0.561. The fourth-order valence-corrected chi connectivity index (χ4v) is 6.15. The van der Waals surface area contributed by atoms with Crippen LogP contribution >= 0.6 is 0 Å². The Morgan fingerprint density at radius 2 is 1.93 bits per heavy atom. The Balaban J connectivity index is 1.35. The van der Waals surface area contributed by atoms with E-state index in [1.54, 1.807) is 12.1 Å². The highest BCUT2D eigenvalue weighted by molar-refractivity contribution is 6.27. The minimum absolute atomic E-state index is 0.0507. The molecule has 12 heteroatoms. The summed E-state index contributed by atoms with van der Waals surface area (Å²) in [5.41, 5.74) is 4.42. The van der Waals surface area contributed by atoms with Crippen molar-refractivity contribution < 1.29 is 32.0 Å². The van der Waals surface area contributed by atoms with Crippen molar-refractivity contribution in [2.45, 2.75) is 62.6 Å². The maximum absolute atomic E-state index is 13.7. The van der Waals surface area contributed by atoms with Gasteiger partial charge in [-0.15, -0.1) is 0 Å². The number of benzene rings is 2. The molecule has 0 radical (unpaired) electrons. The lowest BCUT2D eigenvalue weighted by atomic mass is 9.77. The van der Waals surface area contributed by atoms with Crippen LogP contribution < -0.4 is 16.0 Å². The summed E-state index contributed by atoms with van der Waals surface area (Å²) in [7, 11) is 1.18. The van der Waals surface area contributed by atoms with E-state index in [2.05, 4.69) is 27.6 Å². The fourth-order valence-electron chi connectivity index (χ4n) is 6.15. The number of methoxy groups -OCH3 is 1. The first kappa shape index (κ1) is 27.8. The molecule has 6 rings (SSSR count). The van der Waals surface area contributed by atoms with Crippen molar-refractivity contribution in [3.8, 4) is 0 Å². The number of halogens is 3. The van der Waals surface area contributed by atoms with Gasteiger partial charge < -0.3 is 10.1 Å². The minimum Gasteiger partial charge on any atom is -0.452 e.